The highest BCUT2D eigenvalue weighted by atomic mass is 19.2. The Kier molecular flexibility index (Phi) is 4.24. The minimum Gasteiger partial charge on any atom is -0.464 e. The fourth-order valence-electron chi connectivity index (χ4n) is 1.89. The first-order chi connectivity index (χ1) is 9.92. The molecular formula is C12H13FN2O6. The van der Waals surface area contributed by atoms with Crippen LogP contribution in [-0.2, 0) is 4.74 Å². The number of ether oxygens (including phenoxy) is 2. The molecule has 1 fully saturated rings. The molecule has 0 aromatic carbocycles. The molecule has 0 radical (unpaired) electrons. The molecule has 114 valence electrons. The first kappa shape index (κ1) is 15.4. The first-order valence-corrected chi connectivity index (χ1v) is 5.92. The lowest BCUT2D eigenvalue weighted by atomic mass is 10.1. The quantitative estimate of drug-likeness (QED) is 0.560. The van der Waals surface area contributed by atoms with Crippen molar-refractivity contribution in [1.29, 1.82) is 0 Å². The van der Waals surface area contributed by atoms with Crippen molar-refractivity contribution in [2.45, 2.75) is 24.3 Å². The molecule has 9 heteroatoms. The van der Waals surface area contributed by atoms with Crippen LogP contribution >= 0.6 is 0 Å². The van der Waals surface area contributed by atoms with Crippen LogP contribution in [0.5, 0.6) is 5.88 Å². The molecule has 1 aromatic rings. The summed E-state index contributed by atoms with van der Waals surface area (Å²) in [5.41, 5.74) is -0.900. The topological polar surface area (TPSA) is 114 Å². The first-order valence-electron chi connectivity index (χ1n) is 5.92. The second kappa shape index (κ2) is 5.79. The Morgan fingerprint density at radius 1 is 1.62 bits per heavy atom. The number of aliphatic hydroxyl groups excluding tert-OH is 3. The fraction of sp³-hybridized carbons (Fsp3) is 0.500. The summed E-state index contributed by atoms with van der Waals surface area (Å²) in [7, 11) is 0. The lowest BCUT2D eigenvalue weighted by Crippen LogP contribution is -2.42. The summed E-state index contributed by atoms with van der Waals surface area (Å²) >= 11 is 0. The number of hydrogen-bond donors (Lipinski definition) is 3. The Hall–Kier alpha value is -1.99. The zero-order valence-electron chi connectivity index (χ0n) is 10.7. The van der Waals surface area contributed by atoms with Gasteiger partial charge in [0.2, 0.25) is 5.88 Å². The van der Waals surface area contributed by atoms with Crippen LogP contribution in [0.25, 0.3) is 0 Å². The molecule has 21 heavy (non-hydrogen) atoms. The third-order valence-electron chi connectivity index (χ3n) is 2.97. The lowest BCUT2D eigenvalue weighted by molar-refractivity contribution is -0.207. The van der Waals surface area contributed by atoms with Gasteiger partial charge in [-0.2, -0.15) is 4.98 Å². The molecule has 0 aliphatic carbocycles. The number of nitrogens with zero attached hydrogens (tertiary/aromatic N) is 2. The van der Waals surface area contributed by atoms with E-state index in [0.717, 1.165) is 10.8 Å². The predicted octanol–water partition coefficient (Wildman–Crippen LogP) is -1.84. The maximum Gasteiger partial charge on any atom is 0.353 e. The van der Waals surface area contributed by atoms with Crippen LogP contribution in [0.3, 0.4) is 0 Å². The summed E-state index contributed by atoms with van der Waals surface area (Å²) in [5, 5.41) is 28.1. The van der Waals surface area contributed by atoms with Gasteiger partial charge in [0, 0.05) is 12.3 Å². The van der Waals surface area contributed by atoms with Crippen LogP contribution < -0.4 is 10.4 Å². The number of terminal acetylenes is 1. The van der Waals surface area contributed by atoms with Gasteiger partial charge in [-0.3, -0.25) is 4.57 Å². The van der Waals surface area contributed by atoms with Crippen molar-refractivity contribution in [3.05, 3.63) is 22.7 Å². The summed E-state index contributed by atoms with van der Waals surface area (Å²) in [6.07, 6.45) is 0.851. The monoisotopic (exact) mass is 300 g/mol. The van der Waals surface area contributed by atoms with Gasteiger partial charge in [-0.25, -0.2) is 9.18 Å². The second-order valence-electron chi connectivity index (χ2n) is 4.34. The summed E-state index contributed by atoms with van der Waals surface area (Å²) < 4.78 is 24.4. The summed E-state index contributed by atoms with van der Waals surface area (Å²) in [6.45, 7) is -1.26. The van der Waals surface area contributed by atoms with Gasteiger partial charge in [0.15, 0.2) is 12.8 Å². The van der Waals surface area contributed by atoms with E-state index >= 15 is 0 Å². The Bertz CT molecular complexity index is 615. The number of halogens is 1. The SMILES string of the molecule is C#CCOc1ccn([C@@H]2O[C@](F)(CO)[C@@H](O)[C@H]2O)c(=O)n1. The van der Waals surface area contributed by atoms with Crippen LogP contribution in [0, 0.1) is 12.3 Å². The zero-order chi connectivity index (χ0) is 15.6. The van der Waals surface area contributed by atoms with E-state index < -0.39 is 36.6 Å². The van der Waals surface area contributed by atoms with Crippen molar-refractivity contribution >= 4 is 0 Å². The van der Waals surface area contributed by atoms with Crippen LogP contribution in [0.2, 0.25) is 0 Å². The molecule has 1 aliphatic heterocycles. The van der Waals surface area contributed by atoms with Gasteiger partial charge in [-0.15, -0.1) is 6.42 Å². The molecule has 1 aliphatic rings. The molecule has 0 saturated carbocycles. The van der Waals surface area contributed by atoms with Crippen molar-refractivity contribution < 1.29 is 29.2 Å². The standard InChI is InChI=1S/C12H13FN2O6/c1-2-5-20-7-3-4-15(11(19)14-7)10-8(17)9(18)12(13,6-16)21-10/h1,3-4,8-10,16-18H,5-6H2/t8-,9+,10-,12-/m1/s1. The van der Waals surface area contributed by atoms with Gasteiger partial charge >= 0.3 is 5.69 Å². The Morgan fingerprint density at radius 3 is 2.86 bits per heavy atom. The Morgan fingerprint density at radius 2 is 2.33 bits per heavy atom. The fourth-order valence-corrected chi connectivity index (χ4v) is 1.89. The summed E-state index contributed by atoms with van der Waals surface area (Å²) in [5.74, 6) is -0.714. The molecule has 3 N–H and O–H groups in total. The molecule has 0 unspecified atom stereocenters. The smallest absolute Gasteiger partial charge is 0.353 e. The molecule has 4 atom stereocenters. The van der Waals surface area contributed by atoms with E-state index in [2.05, 4.69) is 10.9 Å². The van der Waals surface area contributed by atoms with Crippen molar-refractivity contribution in [3.8, 4) is 18.2 Å². The molecule has 2 heterocycles. The van der Waals surface area contributed by atoms with E-state index in [4.69, 9.17) is 21.0 Å². The van der Waals surface area contributed by atoms with E-state index in [1.54, 1.807) is 0 Å². The number of aromatic nitrogens is 2. The minimum absolute atomic E-state index is 0.0455. The highest BCUT2D eigenvalue weighted by Gasteiger charge is 2.55. The van der Waals surface area contributed by atoms with Gasteiger partial charge in [0.1, 0.15) is 18.8 Å². The molecular weight excluding hydrogens is 287 g/mol. The van der Waals surface area contributed by atoms with E-state index in [1.807, 2.05) is 0 Å². The maximum absolute atomic E-state index is 13.9. The number of rotatable bonds is 4. The van der Waals surface area contributed by atoms with Gasteiger partial charge in [-0.05, 0) is 0 Å². The normalized spacial score (nSPS) is 31.9. The van der Waals surface area contributed by atoms with Crippen LogP contribution in [0.15, 0.2) is 17.1 Å². The molecule has 2 rings (SSSR count). The molecule has 8 nitrogen and oxygen atoms in total. The Labute approximate surface area is 118 Å². The summed E-state index contributed by atoms with van der Waals surface area (Å²) in [6, 6.07) is 1.26. The highest BCUT2D eigenvalue weighted by molar-refractivity contribution is 5.08. The number of alkyl halides is 1. The predicted molar refractivity (Wildman–Crippen MR) is 65.9 cm³/mol. The second-order valence-corrected chi connectivity index (χ2v) is 4.34. The molecule has 1 saturated heterocycles. The number of hydrogen-bond acceptors (Lipinski definition) is 7. The van der Waals surface area contributed by atoms with Crippen molar-refractivity contribution in [3.63, 3.8) is 0 Å². The molecule has 0 spiro atoms. The third kappa shape index (κ3) is 2.74. The average molecular weight is 300 g/mol. The van der Waals surface area contributed by atoms with Crippen LogP contribution in [-0.4, -0.2) is 56.1 Å². The van der Waals surface area contributed by atoms with Gasteiger partial charge < -0.3 is 24.8 Å². The van der Waals surface area contributed by atoms with Crippen LogP contribution in [0.1, 0.15) is 6.23 Å². The molecule has 0 amide bonds. The lowest BCUT2D eigenvalue weighted by Gasteiger charge is -2.19. The third-order valence-corrected chi connectivity index (χ3v) is 2.97. The summed E-state index contributed by atoms with van der Waals surface area (Å²) in [4.78, 5) is 15.3. The van der Waals surface area contributed by atoms with Gasteiger partial charge in [0.25, 0.3) is 5.85 Å². The van der Waals surface area contributed by atoms with Crippen LogP contribution in [0.4, 0.5) is 4.39 Å². The molecule has 1 aromatic heterocycles. The van der Waals surface area contributed by atoms with Gasteiger partial charge in [-0.1, -0.05) is 5.92 Å². The largest absolute Gasteiger partial charge is 0.464 e. The average Bonchev–Trinajstić information content (AvgIpc) is 2.70. The molecule has 0 bridgehead atoms. The zero-order valence-corrected chi connectivity index (χ0v) is 10.7. The van der Waals surface area contributed by atoms with E-state index in [0.29, 0.717) is 0 Å². The minimum atomic E-state index is -2.86. The number of aliphatic hydroxyl groups is 3. The van der Waals surface area contributed by atoms with E-state index in [1.165, 1.54) is 6.07 Å². The van der Waals surface area contributed by atoms with Crippen molar-refractivity contribution in [2.75, 3.05) is 13.2 Å². The van der Waals surface area contributed by atoms with E-state index in [9.17, 15) is 19.4 Å². The van der Waals surface area contributed by atoms with Crippen molar-refractivity contribution in [1.82, 2.24) is 9.55 Å². The van der Waals surface area contributed by atoms with E-state index in [-0.39, 0.29) is 12.5 Å². The van der Waals surface area contributed by atoms with Crippen molar-refractivity contribution in [2.24, 2.45) is 0 Å². The highest BCUT2D eigenvalue weighted by Crippen LogP contribution is 2.37. The Balaban J connectivity index is 2.27. The maximum atomic E-state index is 13.9. The van der Waals surface area contributed by atoms with Gasteiger partial charge in [0.05, 0.1) is 0 Å².